The van der Waals surface area contributed by atoms with Crippen molar-refractivity contribution in [3.05, 3.63) is 39.4 Å². The van der Waals surface area contributed by atoms with Crippen LogP contribution in [0.1, 0.15) is 50.5 Å². The molecule has 23 heavy (non-hydrogen) atoms. The fraction of sp³-hybridized carbons (Fsp3) is 0.471. The van der Waals surface area contributed by atoms with Crippen LogP contribution in [0.15, 0.2) is 23.0 Å². The molecule has 1 saturated carbocycles. The first kappa shape index (κ1) is 16.0. The van der Waals surface area contributed by atoms with Crippen LogP contribution < -0.4 is 11.3 Å². The summed E-state index contributed by atoms with van der Waals surface area (Å²) in [5.41, 5.74) is 6.59. The highest BCUT2D eigenvalue weighted by atomic mass is 35.5. The van der Waals surface area contributed by atoms with Gasteiger partial charge in [0.15, 0.2) is 0 Å². The fourth-order valence-electron chi connectivity index (χ4n) is 2.95. The largest absolute Gasteiger partial charge is 0.321 e. The van der Waals surface area contributed by atoms with Crippen molar-refractivity contribution >= 4 is 22.5 Å². The zero-order valence-electron chi connectivity index (χ0n) is 13.0. The molecular formula is C17H19ClN4O. The van der Waals surface area contributed by atoms with Gasteiger partial charge in [-0.3, -0.25) is 9.36 Å². The third kappa shape index (κ3) is 2.85. The summed E-state index contributed by atoms with van der Waals surface area (Å²) in [6.07, 6.45) is 3.45. The number of aromatic nitrogens is 2. The molecule has 1 aliphatic carbocycles. The van der Waals surface area contributed by atoms with Gasteiger partial charge in [0.25, 0.3) is 5.56 Å². The van der Waals surface area contributed by atoms with Gasteiger partial charge in [0.2, 0.25) is 0 Å². The van der Waals surface area contributed by atoms with Gasteiger partial charge in [-0.15, -0.1) is 0 Å². The van der Waals surface area contributed by atoms with Crippen LogP contribution in [0.2, 0.25) is 5.02 Å². The van der Waals surface area contributed by atoms with Crippen molar-refractivity contribution in [1.82, 2.24) is 9.55 Å². The van der Waals surface area contributed by atoms with E-state index >= 15 is 0 Å². The van der Waals surface area contributed by atoms with E-state index < -0.39 is 6.04 Å². The summed E-state index contributed by atoms with van der Waals surface area (Å²) in [6.45, 7) is 1.98. The van der Waals surface area contributed by atoms with Gasteiger partial charge in [-0.25, -0.2) is 4.98 Å². The van der Waals surface area contributed by atoms with Gasteiger partial charge in [0.1, 0.15) is 11.9 Å². The smallest absolute Gasteiger partial charge is 0.264 e. The van der Waals surface area contributed by atoms with E-state index in [9.17, 15) is 10.1 Å². The summed E-state index contributed by atoms with van der Waals surface area (Å²) < 4.78 is 1.47. The van der Waals surface area contributed by atoms with Gasteiger partial charge in [0, 0.05) is 0 Å². The maximum Gasteiger partial charge on any atom is 0.264 e. The molecule has 0 aliphatic heterocycles. The van der Waals surface area contributed by atoms with Gasteiger partial charge in [-0.05, 0) is 37.3 Å². The number of rotatable bonds is 5. The Morgan fingerprint density at radius 1 is 1.52 bits per heavy atom. The molecule has 3 rings (SSSR count). The maximum atomic E-state index is 13.0. The van der Waals surface area contributed by atoms with Crippen LogP contribution >= 0.6 is 11.6 Å². The predicted molar refractivity (Wildman–Crippen MR) is 90.2 cm³/mol. The third-order valence-corrected chi connectivity index (χ3v) is 4.67. The molecule has 1 aliphatic rings. The number of benzene rings is 1. The number of nitrogens with two attached hydrogens (primary N) is 1. The van der Waals surface area contributed by atoms with Crippen molar-refractivity contribution < 1.29 is 0 Å². The fourth-order valence-corrected chi connectivity index (χ4v) is 3.20. The number of nitrogens with zero attached hydrogens (tertiary/aromatic N) is 3. The van der Waals surface area contributed by atoms with Crippen LogP contribution in [0.3, 0.4) is 0 Å². The SMILES string of the molecule is CCCC(C#N)n1c(C(N)C2CC2)nc2cccc(Cl)c2c1=O. The molecule has 1 aromatic carbocycles. The van der Waals surface area contributed by atoms with Crippen LogP contribution in [0.4, 0.5) is 0 Å². The zero-order chi connectivity index (χ0) is 16.6. The number of fused-ring (bicyclic) bond motifs is 1. The van der Waals surface area contributed by atoms with E-state index in [0.29, 0.717) is 34.1 Å². The molecule has 0 amide bonds. The Kier molecular flexibility index (Phi) is 4.38. The summed E-state index contributed by atoms with van der Waals surface area (Å²) in [6, 6.07) is 6.53. The van der Waals surface area contributed by atoms with Crippen LogP contribution in [-0.2, 0) is 0 Å². The van der Waals surface area contributed by atoms with Crippen LogP contribution in [0.5, 0.6) is 0 Å². The van der Waals surface area contributed by atoms with Crippen LogP contribution in [0.25, 0.3) is 10.9 Å². The highest BCUT2D eigenvalue weighted by Gasteiger charge is 2.34. The Morgan fingerprint density at radius 3 is 2.87 bits per heavy atom. The number of halogens is 1. The van der Waals surface area contributed by atoms with E-state index in [-0.39, 0.29) is 11.6 Å². The molecule has 0 radical (unpaired) electrons. The lowest BCUT2D eigenvalue weighted by Crippen LogP contribution is -2.33. The highest BCUT2D eigenvalue weighted by molar-refractivity contribution is 6.35. The highest BCUT2D eigenvalue weighted by Crippen LogP contribution is 2.39. The van der Waals surface area contributed by atoms with Gasteiger partial charge < -0.3 is 5.73 Å². The Morgan fingerprint density at radius 2 is 2.26 bits per heavy atom. The van der Waals surface area contributed by atoms with Gasteiger partial charge >= 0.3 is 0 Å². The van der Waals surface area contributed by atoms with E-state index in [2.05, 4.69) is 11.1 Å². The minimum atomic E-state index is -0.569. The molecule has 1 aromatic heterocycles. The molecule has 0 bridgehead atoms. The second kappa shape index (κ2) is 6.31. The standard InChI is InChI=1S/C17H19ClN4O/c1-2-4-11(9-19)22-16(15(20)10-7-8-10)21-13-6-3-5-12(18)14(13)17(22)23/h3,5-6,10-11,15H,2,4,7-8,20H2,1H3. The molecular weight excluding hydrogens is 312 g/mol. The van der Waals surface area contributed by atoms with Crippen molar-refractivity contribution in [2.75, 3.05) is 0 Å². The van der Waals surface area contributed by atoms with Crippen molar-refractivity contribution in [2.24, 2.45) is 11.7 Å². The van der Waals surface area contributed by atoms with E-state index in [1.165, 1.54) is 4.57 Å². The molecule has 5 nitrogen and oxygen atoms in total. The second-order valence-electron chi connectivity index (χ2n) is 6.08. The lowest BCUT2D eigenvalue weighted by molar-refractivity contribution is 0.471. The molecule has 1 fully saturated rings. The van der Waals surface area contributed by atoms with Crippen molar-refractivity contribution in [1.29, 1.82) is 5.26 Å². The topological polar surface area (TPSA) is 84.7 Å². The molecule has 2 atom stereocenters. The first-order valence-corrected chi connectivity index (χ1v) is 8.32. The Hall–Kier alpha value is -1.90. The van der Waals surface area contributed by atoms with Crippen molar-refractivity contribution in [3.63, 3.8) is 0 Å². The predicted octanol–water partition coefficient (Wildman–Crippen LogP) is 3.32. The molecule has 0 spiro atoms. The van der Waals surface area contributed by atoms with E-state index in [0.717, 1.165) is 19.3 Å². The molecule has 2 N–H and O–H groups in total. The monoisotopic (exact) mass is 330 g/mol. The summed E-state index contributed by atoms with van der Waals surface area (Å²) in [7, 11) is 0. The third-order valence-electron chi connectivity index (χ3n) is 4.36. The molecule has 2 unspecified atom stereocenters. The molecule has 1 heterocycles. The molecule has 6 heteroatoms. The minimum absolute atomic E-state index is 0.272. The van der Waals surface area contributed by atoms with Gasteiger partial charge in [-0.2, -0.15) is 5.26 Å². The average Bonchev–Trinajstić information content (AvgIpc) is 3.37. The first-order chi connectivity index (χ1) is 11.1. The quantitative estimate of drug-likeness (QED) is 0.911. The van der Waals surface area contributed by atoms with Crippen molar-refractivity contribution in [3.8, 4) is 6.07 Å². The molecule has 0 saturated heterocycles. The van der Waals surface area contributed by atoms with Crippen LogP contribution in [0, 0.1) is 17.2 Å². The number of nitriles is 1. The summed E-state index contributed by atoms with van der Waals surface area (Å²) in [5.74, 6) is 0.845. The van der Waals surface area contributed by atoms with Gasteiger partial charge in [-0.1, -0.05) is 31.0 Å². The Labute approximate surface area is 139 Å². The van der Waals surface area contributed by atoms with Crippen molar-refractivity contribution in [2.45, 2.75) is 44.7 Å². The summed E-state index contributed by atoms with van der Waals surface area (Å²) in [4.78, 5) is 17.6. The number of hydrogen-bond donors (Lipinski definition) is 1. The Balaban J connectivity index is 2.30. The van der Waals surface area contributed by atoms with Gasteiger partial charge in [0.05, 0.1) is 28.0 Å². The molecule has 2 aromatic rings. The Bertz CT molecular complexity index is 835. The normalized spacial score (nSPS) is 17.0. The van der Waals surface area contributed by atoms with E-state index in [1.54, 1.807) is 18.2 Å². The van der Waals surface area contributed by atoms with E-state index in [4.69, 9.17) is 17.3 Å². The maximum absolute atomic E-state index is 13.0. The first-order valence-electron chi connectivity index (χ1n) is 7.94. The summed E-state index contributed by atoms with van der Waals surface area (Å²) >= 11 is 6.20. The summed E-state index contributed by atoms with van der Waals surface area (Å²) in [5, 5.41) is 10.2. The van der Waals surface area contributed by atoms with Crippen LogP contribution in [-0.4, -0.2) is 9.55 Å². The lowest BCUT2D eigenvalue weighted by Gasteiger charge is -2.21. The molecule has 120 valence electrons. The minimum Gasteiger partial charge on any atom is -0.321 e. The number of hydrogen-bond acceptors (Lipinski definition) is 4. The lowest BCUT2D eigenvalue weighted by atomic mass is 10.1. The average molecular weight is 331 g/mol. The second-order valence-corrected chi connectivity index (χ2v) is 6.48. The zero-order valence-corrected chi connectivity index (χ0v) is 13.8. The van der Waals surface area contributed by atoms with E-state index in [1.807, 2.05) is 6.92 Å².